The molecule has 0 aliphatic rings. The number of rotatable bonds is 4. The second kappa shape index (κ2) is 5.55. The molecule has 0 fully saturated rings. The van der Waals surface area contributed by atoms with Gasteiger partial charge in [-0.3, -0.25) is 4.79 Å². The Kier molecular flexibility index (Phi) is 5.50. The average molecular weight is 224 g/mol. The Morgan fingerprint density at radius 1 is 1.73 bits per heavy atom. The Labute approximate surface area is 75.5 Å². The smallest absolute Gasteiger partial charge is 0.236 e. The van der Waals surface area contributed by atoms with Crippen molar-refractivity contribution in [1.29, 1.82) is 0 Å². The van der Waals surface area contributed by atoms with E-state index in [2.05, 4.69) is 15.9 Å². The molecule has 0 saturated heterocycles. The lowest BCUT2D eigenvalue weighted by atomic mass is 10.4. The third kappa shape index (κ3) is 3.72. The van der Waals surface area contributed by atoms with Crippen molar-refractivity contribution in [3.8, 4) is 0 Å². The largest absolute Gasteiger partial charge is 0.395 e. The standard InChI is InChI=1S/C7H14BrNO2/c1-3-9(4-5-10)7(11)6(2)8/h6,10H,3-5H2,1-2H3. The lowest BCUT2D eigenvalue weighted by Gasteiger charge is -2.20. The first-order valence-corrected chi connectivity index (χ1v) is 4.58. The lowest BCUT2D eigenvalue weighted by Crippen LogP contribution is -2.37. The summed E-state index contributed by atoms with van der Waals surface area (Å²) in [7, 11) is 0. The fourth-order valence-corrected chi connectivity index (χ4v) is 1.09. The molecule has 66 valence electrons. The number of nitrogens with zero attached hydrogens (tertiary/aromatic N) is 1. The van der Waals surface area contributed by atoms with Crippen molar-refractivity contribution in [1.82, 2.24) is 4.90 Å². The number of halogens is 1. The van der Waals surface area contributed by atoms with Crippen molar-refractivity contribution >= 4 is 21.8 Å². The van der Waals surface area contributed by atoms with Gasteiger partial charge in [0.15, 0.2) is 0 Å². The lowest BCUT2D eigenvalue weighted by molar-refractivity contribution is -0.130. The van der Waals surface area contributed by atoms with E-state index in [1.165, 1.54) is 0 Å². The first-order chi connectivity index (χ1) is 5.13. The third-order valence-electron chi connectivity index (χ3n) is 1.40. The topological polar surface area (TPSA) is 40.5 Å². The molecule has 0 radical (unpaired) electrons. The molecule has 0 aromatic carbocycles. The Bertz CT molecular complexity index is 128. The molecule has 0 rings (SSSR count). The summed E-state index contributed by atoms with van der Waals surface area (Å²) < 4.78 is 0. The number of hydrogen-bond donors (Lipinski definition) is 1. The van der Waals surface area contributed by atoms with Crippen LogP contribution in [0, 0.1) is 0 Å². The highest BCUT2D eigenvalue weighted by molar-refractivity contribution is 9.10. The second-order valence-corrected chi connectivity index (χ2v) is 3.63. The molecule has 1 N–H and O–H groups in total. The number of carbonyl (C=O) groups excluding carboxylic acids is 1. The predicted octanol–water partition coefficient (Wildman–Crippen LogP) is 0.611. The van der Waals surface area contributed by atoms with Gasteiger partial charge in [-0.05, 0) is 13.8 Å². The summed E-state index contributed by atoms with van der Waals surface area (Å²) in [4.78, 5) is 12.7. The van der Waals surface area contributed by atoms with E-state index in [-0.39, 0.29) is 17.3 Å². The summed E-state index contributed by atoms with van der Waals surface area (Å²) in [6, 6.07) is 0. The van der Waals surface area contributed by atoms with Crippen molar-refractivity contribution in [3.63, 3.8) is 0 Å². The van der Waals surface area contributed by atoms with Gasteiger partial charge in [-0.25, -0.2) is 0 Å². The number of amides is 1. The van der Waals surface area contributed by atoms with Crippen LogP contribution >= 0.6 is 15.9 Å². The van der Waals surface area contributed by atoms with Crippen LogP contribution < -0.4 is 0 Å². The predicted molar refractivity (Wildman–Crippen MR) is 47.7 cm³/mol. The van der Waals surface area contributed by atoms with Gasteiger partial charge >= 0.3 is 0 Å². The van der Waals surface area contributed by atoms with E-state index in [0.717, 1.165) is 0 Å². The maximum atomic E-state index is 11.2. The van der Waals surface area contributed by atoms with E-state index in [1.807, 2.05) is 6.92 Å². The molecule has 0 bridgehead atoms. The molecule has 1 amide bonds. The normalized spacial score (nSPS) is 12.7. The molecule has 0 saturated carbocycles. The molecule has 0 spiro atoms. The van der Waals surface area contributed by atoms with Crippen LogP contribution in [-0.2, 0) is 4.79 Å². The summed E-state index contributed by atoms with van der Waals surface area (Å²) in [6.07, 6.45) is 0. The van der Waals surface area contributed by atoms with Gasteiger partial charge < -0.3 is 10.0 Å². The Morgan fingerprint density at radius 2 is 2.27 bits per heavy atom. The first-order valence-electron chi connectivity index (χ1n) is 3.67. The van der Waals surface area contributed by atoms with Crippen LogP contribution in [0.2, 0.25) is 0 Å². The minimum Gasteiger partial charge on any atom is -0.395 e. The second-order valence-electron chi connectivity index (χ2n) is 2.26. The summed E-state index contributed by atoms with van der Waals surface area (Å²) >= 11 is 3.18. The summed E-state index contributed by atoms with van der Waals surface area (Å²) in [5, 5.41) is 8.59. The van der Waals surface area contributed by atoms with Gasteiger partial charge in [0.05, 0.1) is 11.4 Å². The number of aliphatic hydroxyl groups is 1. The molecule has 0 aliphatic heterocycles. The van der Waals surface area contributed by atoms with Crippen LogP contribution in [0.25, 0.3) is 0 Å². The molecule has 1 unspecified atom stereocenters. The fourth-order valence-electron chi connectivity index (χ4n) is 0.796. The molecule has 4 heteroatoms. The molecular weight excluding hydrogens is 210 g/mol. The van der Waals surface area contributed by atoms with Crippen molar-refractivity contribution in [2.24, 2.45) is 0 Å². The van der Waals surface area contributed by atoms with Crippen molar-refractivity contribution in [3.05, 3.63) is 0 Å². The van der Waals surface area contributed by atoms with Crippen molar-refractivity contribution in [2.45, 2.75) is 18.7 Å². The molecular formula is C7H14BrNO2. The minimum absolute atomic E-state index is 0.0271. The van der Waals surface area contributed by atoms with E-state index < -0.39 is 0 Å². The monoisotopic (exact) mass is 223 g/mol. The molecule has 3 nitrogen and oxygen atoms in total. The van der Waals surface area contributed by atoms with Gasteiger partial charge in [0.2, 0.25) is 5.91 Å². The number of carbonyl (C=O) groups is 1. The number of aliphatic hydroxyl groups excluding tert-OH is 1. The van der Waals surface area contributed by atoms with Crippen LogP contribution in [0.5, 0.6) is 0 Å². The fraction of sp³-hybridized carbons (Fsp3) is 0.857. The van der Waals surface area contributed by atoms with Crippen molar-refractivity contribution < 1.29 is 9.90 Å². The van der Waals surface area contributed by atoms with Gasteiger partial charge in [0, 0.05) is 13.1 Å². The van der Waals surface area contributed by atoms with Gasteiger partial charge in [-0.2, -0.15) is 0 Å². The van der Waals surface area contributed by atoms with Crippen LogP contribution in [0.1, 0.15) is 13.8 Å². The minimum atomic E-state index is -0.158. The number of hydrogen-bond acceptors (Lipinski definition) is 2. The quantitative estimate of drug-likeness (QED) is 0.711. The van der Waals surface area contributed by atoms with Crippen molar-refractivity contribution in [2.75, 3.05) is 19.7 Å². The van der Waals surface area contributed by atoms with E-state index in [9.17, 15) is 4.79 Å². The van der Waals surface area contributed by atoms with E-state index in [0.29, 0.717) is 13.1 Å². The maximum absolute atomic E-state index is 11.2. The highest BCUT2D eigenvalue weighted by Crippen LogP contribution is 2.02. The highest BCUT2D eigenvalue weighted by Gasteiger charge is 2.15. The molecule has 1 atom stereocenters. The van der Waals surface area contributed by atoms with E-state index >= 15 is 0 Å². The van der Waals surface area contributed by atoms with Crippen LogP contribution in [0.4, 0.5) is 0 Å². The summed E-state index contributed by atoms with van der Waals surface area (Å²) in [5.41, 5.74) is 0. The maximum Gasteiger partial charge on any atom is 0.236 e. The zero-order chi connectivity index (χ0) is 8.85. The first kappa shape index (κ1) is 10.9. The van der Waals surface area contributed by atoms with Crippen LogP contribution in [-0.4, -0.2) is 40.4 Å². The highest BCUT2D eigenvalue weighted by atomic mass is 79.9. The summed E-state index contributed by atoms with van der Waals surface area (Å²) in [6.45, 7) is 4.77. The van der Waals surface area contributed by atoms with E-state index in [4.69, 9.17) is 5.11 Å². The average Bonchev–Trinajstić information content (AvgIpc) is 1.98. The van der Waals surface area contributed by atoms with Crippen LogP contribution in [0.3, 0.4) is 0 Å². The third-order valence-corrected chi connectivity index (χ3v) is 1.80. The molecule has 0 heterocycles. The van der Waals surface area contributed by atoms with Crippen LogP contribution in [0.15, 0.2) is 0 Å². The van der Waals surface area contributed by atoms with Gasteiger partial charge in [-0.1, -0.05) is 15.9 Å². The molecule has 11 heavy (non-hydrogen) atoms. The molecule has 0 aromatic rings. The Balaban J connectivity index is 3.92. The Morgan fingerprint density at radius 3 is 2.55 bits per heavy atom. The molecule has 0 aliphatic carbocycles. The zero-order valence-corrected chi connectivity index (χ0v) is 8.47. The zero-order valence-electron chi connectivity index (χ0n) is 6.88. The van der Waals surface area contributed by atoms with Gasteiger partial charge in [0.25, 0.3) is 0 Å². The molecule has 0 aromatic heterocycles. The SMILES string of the molecule is CCN(CCO)C(=O)C(C)Br. The summed E-state index contributed by atoms with van der Waals surface area (Å²) in [5.74, 6) is 0.0292. The number of likely N-dealkylation sites (N-methyl/N-ethyl adjacent to an activating group) is 1. The van der Waals surface area contributed by atoms with Gasteiger partial charge in [-0.15, -0.1) is 0 Å². The van der Waals surface area contributed by atoms with E-state index in [1.54, 1.807) is 11.8 Å². The number of alkyl halides is 1. The Hall–Kier alpha value is -0.0900. The van der Waals surface area contributed by atoms with Gasteiger partial charge in [0.1, 0.15) is 0 Å².